The standard InChI is InChI=1S/C16H15BrFNO2/c1-10(11-3-5-12(17)6-4-11)19-16(20)14-8-7-13(21-2)9-15(14)18/h3-10H,1-2H3,(H,19,20). The van der Waals surface area contributed by atoms with Crippen molar-refractivity contribution in [3.8, 4) is 5.75 Å². The lowest BCUT2D eigenvalue weighted by atomic mass is 10.1. The van der Waals surface area contributed by atoms with Gasteiger partial charge < -0.3 is 10.1 Å². The molecule has 0 saturated heterocycles. The molecule has 1 unspecified atom stereocenters. The molecule has 0 saturated carbocycles. The van der Waals surface area contributed by atoms with Gasteiger partial charge in [-0.2, -0.15) is 0 Å². The summed E-state index contributed by atoms with van der Waals surface area (Å²) in [6.07, 6.45) is 0. The fourth-order valence-electron chi connectivity index (χ4n) is 1.92. The Kier molecular flexibility index (Phi) is 4.96. The second-order valence-electron chi connectivity index (χ2n) is 4.59. The molecule has 2 rings (SSSR count). The fourth-order valence-corrected chi connectivity index (χ4v) is 2.18. The average molecular weight is 352 g/mol. The molecule has 0 aliphatic heterocycles. The minimum Gasteiger partial charge on any atom is -0.497 e. The predicted octanol–water partition coefficient (Wildman–Crippen LogP) is 4.09. The first-order valence-electron chi connectivity index (χ1n) is 6.41. The van der Waals surface area contributed by atoms with Gasteiger partial charge in [-0.25, -0.2) is 4.39 Å². The number of benzene rings is 2. The fraction of sp³-hybridized carbons (Fsp3) is 0.188. The molecule has 1 N–H and O–H groups in total. The molecule has 0 bridgehead atoms. The Balaban J connectivity index is 2.12. The third-order valence-corrected chi connectivity index (χ3v) is 3.67. The van der Waals surface area contributed by atoms with Crippen LogP contribution in [0.1, 0.15) is 28.9 Å². The third kappa shape index (κ3) is 3.82. The molecule has 3 nitrogen and oxygen atoms in total. The van der Waals surface area contributed by atoms with Gasteiger partial charge in [0.2, 0.25) is 0 Å². The Morgan fingerprint density at radius 2 is 1.90 bits per heavy atom. The molecule has 1 atom stereocenters. The zero-order chi connectivity index (χ0) is 15.4. The first kappa shape index (κ1) is 15.5. The minimum absolute atomic E-state index is 0.000221. The van der Waals surface area contributed by atoms with Gasteiger partial charge in [-0.3, -0.25) is 4.79 Å². The number of halogens is 2. The Labute approximate surface area is 131 Å². The maximum Gasteiger partial charge on any atom is 0.254 e. The number of methoxy groups -OCH3 is 1. The largest absolute Gasteiger partial charge is 0.497 e. The molecule has 0 fully saturated rings. The van der Waals surface area contributed by atoms with Gasteiger partial charge in [0.15, 0.2) is 0 Å². The molecule has 0 radical (unpaired) electrons. The van der Waals surface area contributed by atoms with E-state index in [0.717, 1.165) is 10.0 Å². The predicted molar refractivity (Wildman–Crippen MR) is 83.0 cm³/mol. The van der Waals surface area contributed by atoms with Crippen LogP contribution < -0.4 is 10.1 Å². The number of hydrogen-bond donors (Lipinski definition) is 1. The SMILES string of the molecule is COc1ccc(C(=O)NC(C)c2ccc(Br)cc2)c(F)c1. The summed E-state index contributed by atoms with van der Waals surface area (Å²) in [6, 6.07) is 11.5. The normalized spacial score (nSPS) is 11.8. The summed E-state index contributed by atoms with van der Waals surface area (Å²) < 4.78 is 19.7. The van der Waals surface area contributed by atoms with Crippen LogP contribution >= 0.6 is 15.9 Å². The first-order valence-corrected chi connectivity index (χ1v) is 7.20. The van der Waals surface area contributed by atoms with Crippen molar-refractivity contribution in [2.75, 3.05) is 7.11 Å². The maximum atomic E-state index is 13.8. The van der Waals surface area contributed by atoms with Crippen molar-refractivity contribution >= 4 is 21.8 Å². The van der Waals surface area contributed by atoms with Crippen LogP contribution in [0.2, 0.25) is 0 Å². The van der Waals surface area contributed by atoms with Gasteiger partial charge in [-0.05, 0) is 36.8 Å². The number of rotatable bonds is 4. The highest BCUT2D eigenvalue weighted by atomic mass is 79.9. The number of carbonyl (C=O) groups excluding carboxylic acids is 1. The number of amides is 1. The van der Waals surface area contributed by atoms with E-state index in [1.54, 1.807) is 6.07 Å². The van der Waals surface area contributed by atoms with Crippen molar-refractivity contribution in [2.45, 2.75) is 13.0 Å². The van der Waals surface area contributed by atoms with Crippen molar-refractivity contribution in [1.29, 1.82) is 0 Å². The quantitative estimate of drug-likeness (QED) is 0.900. The van der Waals surface area contributed by atoms with Crippen LogP contribution in [0.4, 0.5) is 4.39 Å². The van der Waals surface area contributed by atoms with E-state index in [1.165, 1.54) is 19.2 Å². The maximum absolute atomic E-state index is 13.8. The van der Waals surface area contributed by atoms with Gasteiger partial charge in [0.05, 0.1) is 18.7 Å². The molecule has 21 heavy (non-hydrogen) atoms. The Morgan fingerprint density at radius 3 is 2.48 bits per heavy atom. The molecule has 0 aromatic heterocycles. The lowest BCUT2D eigenvalue weighted by molar-refractivity contribution is 0.0936. The van der Waals surface area contributed by atoms with Gasteiger partial charge in [0, 0.05) is 10.5 Å². The average Bonchev–Trinajstić information content (AvgIpc) is 2.47. The molecule has 0 heterocycles. The van der Waals surface area contributed by atoms with Crippen LogP contribution in [0.3, 0.4) is 0 Å². The summed E-state index contributed by atoms with van der Waals surface area (Å²) in [4.78, 5) is 12.1. The molecule has 2 aromatic rings. The van der Waals surface area contributed by atoms with Crippen molar-refractivity contribution in [3.63, 3.8) is 0 Å². The monoisotopic (exact) mass is 351 g/mol. The van der Waals surface area contributed by atoms with Gasteiger partial charge >= 0.3 is 0 Å². The van der Waals surface area contributed by atoms with E-state index in [2.05, 4.69) is 21.2 Å². The molecule has 0 spiro atoms. The van der Waals surface area contributed by atoms with E-state index in [-0.39, 0.29) is 11.6 Å². The lowest BCUT2D eigenvalue weighted by Gasteiger charge is -2.15. The van der Waals surface area contributed by atoms with Crippen LogP contribution in [0.5, 0.6) is 5.75 Å². The molecule has 2 aromatic carbocycles. The van der Waals surface area contributed by atoms with Crippen molar-refractivity contribution in [2.24, 2.45) is 0 Å². The number of nitrogens with one attached hydrogen (secondary N) is 1. The molecule has 5 heteroatoms. The number of ether oxygens (including phenoxy) is 1. The van der Waals surface area contributed by atoms with E-state index < -0.39 is 11.7 Å². The summed E-state index contributed by atoms with van der Waals surface area (Å²) in [7, 11) is 1.45. The lowest BCUT2D eigenvalue weighted by Crippen LogP contribution is -2.27. The molecular formula is C16H15BrFNO2. The van der Waals surface area contributed by atoms with E-state index in [4.69, 9.17) is 4.74 Å². The van der Waals surface area contributed by atoms with E-state index in [0.29, 0.717) is 5.75 Å². The van der Waals surface area contributed by atoms with Crippen LogP contribution in [0, 0.1) is 5.82 Å². The van der Waals surface area contributed by atoms with Crippen molar-refractivity contribution in [3.05, 3.63) is 63.9 Å². The summed E-state index contributed by atoms with van der Waals surface area (Å²) in [5, 5.41) is 2.78. The zero-order valence-electron chi connectivity index (χ0n) is 11.7. The molecular weight excluding hydrogens is 337 g/mol. The number of carbonyl (C=O) groups is 1. The zero-order valence-corrected chi connectivity index (χ0v) is 13.3. The summed E-state index contributed by atoms with van der Waals surface area (Å²) in [5.41, 5.74) is 0.945. The smallest absolute Gasteiger partial charge is 0.254 e. The summed E-state index contributed by atoms with van der Waals surface area (Å²) in [5.74, 6) is -0.676. The van der Waals surface area contributed by atoms with E-state index in [9.17, 15) is 9.18 Å². The molecule has 1 amide bonds. The highest BCUT2D eigenvalue weighted by Crippen LogP contribution is 2.19. The first-order chi connectivity index (χ1) is 10.0. The van der Waals surface area contributed by atoms with Crippen molar-refractivity contribution < 1.29 is 13.9 Å². The summed E-state index contributed by atoms with van der Waals surface area (Å²) >= 11 is 3.36. The minimum atomic E-state index is -0.602. The van der Waals surface area contributed by atoms with E-state index >= 15 is 0 Å². The third-order valence-electron chi connectivity index (χ3n) is 3.14. The highest BCUT2D eigenvalue weighted by Gasteiger charge is 2.15. The van der Waals surface area contributed by atoms with Gasteiger partial charge in [0.1, 0.15) is 11.6 Å². The summed E-state index contributed by atoms with van der Waals surface area (Å²) in [6.45, 7) is 1.85. The Morgan fingerprint density at radius 1 is 1.24 bits per heavy atom. The molecule has 110 valence electrons. The highest BCUT2D eigenvalue weighted by molar-refractivity contribution is 9.10. The topological polar surface area (TPSA) is 38.3 Å². The number of hydrogen-bond acceptors (Lipinski definition) is 2. The van der Waals surface area contributed by atoms with Gasteiger partial charge in [0.25, 0.3) is 5.91 Å². The van der Waals surface area contributed by atoms with Crippen molar-refractivity contribution in [1.82, 2.24) is 5.32 Å². The van der Waals surface area contributed by atoms with E-state index in [1.807, 2.05) is 31.2 Å². The van der Waals surface area contributed by atoms with Crippen LogP contribution in [-0.2, 0) is 0 Å². The van der Waals surface area contributed by atoms with Crippen LogP contribution in [-0.4, -0.2) is 13.0 Å². The Bertz CT molecular complexity index is 643. The van der Waals surface area contributed by atoms with Crippen LogP contribution in [0.15, 0.2) is 46.9 Å². The second kappa shape index (κ2) is 6.72. The van der Waals surface area contributed by atoms with Crippen LogP contribution in [0.25, 0.3) is 0 Å². The Hall–Kier alpha value is -1.88. The molecule has 0 aliphatic rings. The molecule has 0 aliphatic carbocycles. The van der Waals surface area contributed by atoms with Gasteiger partial charge in [-0.1, -0.05) is 28.1 Å². The second-order valence-corrected chi connectivity index (χ2v) is 5.51. The van der Waals surface area contributed by atoms with Gasteiger partial charge in [-0.15, -0.1) is 0 Å².